The van der Waals surface area contributed by atoms with E-state index in [2.05, 4.69) is 41.2 Å². The van der Waals surface area contributed by atoms with Crippen LogP contribution in [-0.4, -0.2) is 51.1 Å². The molecule has 132 valence electrons. The lowest BCUT2D eigenvalue weighted by Crippen LogP contribution is -2.45. The zero-order chi connectivity index (χ0) is 17.6. The van der Waals surface area contributed by atoms with Crippen molar-refractivity contribution in [2.24, 2.45) is 5.92 Å². The van der Waals surface area contributed by atoms with E-state index < -0.39 is 11.6 Å². The SMILES string of the molecule is Cc1ccc(-n2cc(CN3C[C@@H]4CCO[C@]4(C(=O)O)C3)c(C)n2)cc1. The molecule has 0 bridgehead atoms. The number of carboxylic acid groups (broad SMARTS) is 1. The van der Waals surface area contributed by atoms with Crippen molar-refractivity contribution in [3.8, 4) is 5.69 Å². The number of fused-ring (bicyclic) bond motifs is 1. The molecule has 2 aromatic rings. The quantitative estimate of drug-likeness (QED) is 0.923. The normalized spacial score (nSPS) is 26.1. The maximum atomic E-state index is 11.7. The third kappa shape index (κ3) is 2.75. The van der Waals surface area contributed by atoms with Crippen LogP contribution in [0.4, 0.5) is 0 Å². The second-order valence-electron chi connectivity index (χ2n) is 7.22. The number of likely N-dealkylation sites (tertiary alicyclic amines) is 1. The number of rotatable bonds is 4. The molecule has 2 fully saturated rings. The zero-order valence-corrected chi connectivity index (χ0v) is 14.6. The van der Waals surface area contributed by atoms with Gasteiger partial charge in [-0.15, -0.1) is 0 Å². The largest absolute Gasteiger partial charge is 0.479 e. The lowest BCUT2D eigenvalue weighted by atomic mass is 9.91. The minimum Gasteiger partial charge on any atom is -0.479 e. The Labute approximate surface area is 147 Å². The predicted molar refractivity (Wildman–Crippen MR) is 92.7 cm³/mol. The fraction of sp³-hybridized carbons (Fsp3) is 0.474. The standard InChI is InChI=1S/C19H23N3O3/c1-13-3-5-17(6-4-13)22-10-15(14(2)20-22)9-21-11-16-7-8-25-19(16,12-21)18(23)24/h3-6,10,16H,7-9,11-12H2,1-2H3,(H,23,24)/t16-,19+/m0/s1. The minimum atomic E-state index is -1.01. The van der Waals surface area contributed by atoms with Gasteiger partial charge in [0.1, 0.15) is 0 Å². The van der Waals surface area contributed by atoms with Gasteiger partial charge in [0, 0.05) is 43.9 Å². The summed E-state index contributed by atoms with van der Waals surface area (Å²) >= 11 is 0. The molecule has 2 saturated heterocycles. The van der Waals surface area contributed by atoms with E-state index >= 15 is 0 Å². The van der Waals surface area contributed by atoms with Gasteiger partial charge >= 0.3 is 5.97 Å². The van der Waals surface area contributed by atoms with Crippen molar-refractivity contribution in [3.05, 3.63) is 47.3 Å². The molecule has 1 aromatic heterocycles. The molecular weight excluding hydrogens is 318 g/mol. The van der Waals surface area contributed by atoms with E-state index in [1.54, 1.807) is 0 Å². The summed E-state index contributed by atoms with van der Waals surface area (Å²) in [5.41, 5.74) is 3.34. The van der Waals surface area contributed by atoms with E-state index in [9.17, 15) is 9.90 Å². The van der Waals surface area contributed by atoms with Gasteiger partial charge in [-0.1, -0.05) is 17.7 Å². The Balaban J connectivity index is 1.52. The number of aromatic nitrogens is 2. The highest BCUT2D eigenvalue weighted by atomic mass is 16.5. The lowest BCUT2D eigenvalue weighted by Gasteiger charge is -2.23. The maximum absolute atomic E-state index is 11.7. The summed E-state index contributed by atoms with van der Waals surface area (Å²) in [6, 6.07) is 8.25. The van der Waals surface area contributed by atoms with Crippen LogP contribution >= 0.6 is 0 Å². The second kappa shape index (κ2) is 5.97. The molecule has 0 aliphatic carbocycles. The summed E-state index contributed by atoms with van der Waals surface area (Å²) in [5.74, 6) is -0.748. The van der Waals surface area contributed by atoms with Crippen molar-refractivity contribution in [3.63, 3.8) is 0 Å². The molecule has 25 heavy (non-hydrogen) atoms. The molecule has 6 nitrogen and oxygen atoms in total. The predicted octanol–water partition coefficient (Wildman–Crippen LogP) is 2.16. The topological polar surface area (TPSA) is 67.6 Å². The summed E-state index contributed by atoms with van der Waals surface area (Å²) in [4.78, 5) is 13.9. The van der Waals surface area contributed by atoms with Crippen LogP contribution in [0.5, 0.6) is 0 Å². The number of hydrogen-bond acceptors (Lipinski definition) is 4. The molecular formula is C19H23N3O3. The number of aliphatic carboxylic acids is 1. The number of benzene rings is 1. The fourth-order valence-corrected chi connectivity index (χ4v) is 4.00. The van der Waals surface area contributed by atoms with E-state index in [0.717, 1.165) is 29.9 Å². The van der Waals surface area contributed by atoms with Gasteiger partial charge in [-0.25, -0.2) is 9.48 Å². The summed E-state index contributed by atoms with van der Waals surface area (Å²) in [6.07, 6.45) is 2.87. The van der Waals surface area contributed by atoms with Gasteiger partial charge in [0.25, 0.3) is 0 Å². The van der Waals surface area contributed by atoms with Gasteiger partial charge < -0.3 is 9.84 Å². The van der Waals surface area contributed by atoms with E-state index in [0.29, 0.717) is 19.7 Å². The van der Waals surface area contributed by atoms with Crippen LogP contribution in [0, 0.1) is 19.8 Å². The zero-order valence-electron chi connectivity index (χ0n) is 14.6. The van der Waals surface area contributed by atoms with E-state index in [1.165, 1.54) is 5.56 Å². The number of hydrogen-bond donors (Lipinski definition) is 1. The molecule has 0 unspecified atom stereocenters. The van der Waals surface area contributed by atoms with Crippen molar-refractivity contribution in [2.45, 2.75) is 32.4 Å². The third-order valence-electron chi connectivity index (χ3n) is 5.48. The summed E-state index contributed by atoms with van der Waals surface area (Å²) in [7, 11) is 0. The van der Waals surface area contributed by atoms with Crippen LogP contribution in [0.25, 0.3) is 5.69 Å². The summed E-state index contributed by atoms with van der Waals surface area (Å²) < 4.78 is 7.54. The smallest absolute Gasteiger partial charge is 0.337 e. The number of ether oxygens (including phenoxy) is 1. The Bertz CT molecular complexity index is 799. The van der Waals surface area contributed by atoms with Crippen LogP contribution in [0.1, 0.15) is 23.2 Å². The number of carbonyl (C=O) groups is 1. The van der Waals surface area contributed by atoms with Crippen molar-refractivity contribution < 1.29 is 14.6 Å². The van der Waals surface area contributed by atoms with E-state index in [1.807, 2.05) is 17.8 Å². The molecule has 0 saturated carbocycles. The van der Waals surface area contributed by atoms with Crippen molar-refractivity contribution in [1.82, 2.24) is 14.7 Å². The van der Waals surface area contributed by atoms with Crippen LogP contribution in [-0.2, 0) is 16.1 Å². The first-order valence-electron chi connectivity index (χ1n) is 8.70. The van der Waals surface area contributed by atoms with Gasteiger partial charge in [0.15, 0.2) is 5.60 Å². The second-order valence-corrected chi connectivity index (χ2v) is 7.22. The first-order chi connectivity index (χ1) is 12.0. The average molecular weight is 341 g/mol. The van der Waals surface area contributed by atoms with Gasteiger partial charge in [-0.3, -0.25) is 4.90 Å². The molecule has 0 amide bonds. The van der Waals surface area contributed by atoms with Gasteiger partial charge in [0.2, 0.25) is 0 Å². The van der Waals surface area contributed by atoms with Crippen molar-refractivity contribution >= 4 is 5.97 Å². The summed E-state index contributed by atoms with van der Waals surface area (Å²) in [6.45, 7) is 6.53. The molecule has 1 N–H and O–H groups in total. The van der Waals surface area contributed by atoms with Gasteiger partial charge in [-0.05, 0) is 32.4 Å². The molecule has 0 spiro atoms. The van der Waals surface area contributed by atoms with E-state index in [4.69, 9.17) is 4.74 Å². The highest BCUT2D eigenvalue weighted by Gasteiger charge is 2.56. The number of nitrogens with zero attached hydrogens (tertiary/aromatic N) is 3. The number of aryl methyl sites for hydroxylation is 2. The van der Waals surface area contributed by atoms with Crippen molar-refractivity contribution in [1.29, 1.82) is 0 Å². The average Bonchev–Trinajstić information content (AvgIpc) is 3.22. The molecule has 6 heteroatoms. The van der Waals surface area contributed by atoms with Crippen LogP contribution in [0.15, 0.2) is 30.5 Å². The molecule has 2 aliphatic heterocycles. The van der Waals surface area contributed by atoms with E-state index in [-0.39, 0.29) is 5.92 Å². The monoisotopic (exact) mass is 341 g/mol. The van der Waals surface area contributed by atoms with Gasteiger partial charge in [0.05, 0.1) is 11.4 Å². The van der Waals surface area contributed by atoms with Crippen LogP contribution < -0.4 is 0 Å². The minimum absolute atomic E-state index is 0.0810. The molecule has 2 aliphatic rings. The first-order valence-corrected chi connectivity index (χ1v) is 8.70. The molecule has 4 rings (SSSR count). The van der Waals surface area contributed by atoms with Gasteiger partial charge in [-0.2, -0.15) is 5.10 Å². The van der Waals surface area contributed by atoms with Crippen LogP contribution in [0.3, 0.4) is 0 Å². The Morgan fingerprint density at radius 3 is 2.80 bits per heavy atom. The maximum Gasteiger partial charge on any atom is 0.337 e. The highest BCUT2D eigenvalue weighted by molar-refractivity contribution is 5.79. The Morgan fingerprint density at radius 1 is 1.36 bits per heavy atom. The molecule has 3 heterocycles. The fourth-order valence-electron chi connectivity index (χ4n) is 4.00. The Morgan fingerprint density at radius 2 is 2.12 bits per heavy atom. The molecule has 2 atom stereocenters. The van der Waals surface area contributed by atoms with Crippen LogP contribution in [0.2, 0.25) is 0 Å². The Hall–Kier alpha value is -2.18. The highest BCUT2D eigenvalue weighted by Crippen LogP contribution is 2.39. The first kappa shape index (κ1) is 16.3. The Kier molecular flexibility index (Phi) is 3.89. The van der Waals surface area contributed by atoms with Crippen molar-refractivity contribution in [2.75, 3.05) is 19.7 Å². The number of carboxylic acids is 1. The molecule has 0 radical (unpaired) electrons. The molecule has 1 aromatic carbocycles. The summed E-state index contributed by atoms with van der Waals surface area (Å²) in [5, 5.41) is 14.2. The lowest BCUT2D eigenvalue weighted by molar-refractivity contribution is -0.161. The third-order valence-corrected chi connectivity index (χ3v) is 5.48.